The van der Waals surface area contributed by atoms with E-state index in [1.807, 2.05) is 78.4 Å². The minimum atomic E-state index is -4.24. The van der Waals surface area contributed by atoms with Gasteiger partial charge in [-0.1, -0.05) is 109 Å². The summed E-state index contributed by atoms with van der Waals surface area (Å²) in [6, 6.07) is 38.7. The molecular weight excluding hydrogens is 729 g/mol. The van der Waals surface area contributed by atoms with Gasteiger partial charge in [0.05, 0.1) is 17.7 Å². The van der Waals surface area contributed by atoms with Crippen molar-refractivity contribution in [2.24, 2.45) is 0 Å². The molecular formula is C43H44N6O4S2. The molecule has 1 fully saturated rings. The number of sulfonamides is 1. The third-order valence-electron chi connectivity index (χ3n) is 10.3. The van der Waals surface area contributed by atoms with Crippen LogP contribution in [0, 0.1) is 6.92 Å². The lowest BCUT2D eigenvalue weighted by molar-refractivity contribution is -0.133. The van der Waals surface area contributed by atoms with E-state index in [2.05, 4.69) is 57.9 Å². The number of para-hydroxylation sites is 1. The lowest BCUT2D eigenvalue weighted by Crippen LogP contribution is -2.49. The smallest absolute Gasteiger partial charge is 0.243 e. The number of hydrogen-bond acceptors (Lipinski definition) is 7. The fraction of sp³-hybridized carbons (Fsp3) is 0.233. The van der Waals surface area contributed by atoms with Gasteiger partial charge in [0.2, 0.25) is 21.8 Å². The number of carbonyl (C=O) groups excluding carboxylic acids is 2. The summed E-state index contributed by atoms with van der Waals surface area (Å²) in [5.74, 6) is -0.527. The number of nitrogens with two attached hydrogens (primary N) is 1. The minimum Gasteiger partial charge on any atom is -0.397 e. The first-order valence-electron chi connectivity index (χ1n) is 18.4. The average molecular weight is 773 g/mol. The Kier molecular flexibility index (Phi) is 11.3. The van der Waals surface area contributed by atoms with Crippen LogP contribution in [0.25, 0.3) is 10.4 Å². The van der Waals surface area contributed by atoms with E-state index < -0.39 is 21.6 Å². The van der Waals surface area contributed by atoms with Gasteiger partial charge in [-0.15, -0.1) is 11.3 Å². The second-order valence-corrected chi connectivity index (χ2v) is 16.3. The number of aromatic nitrogens is 2. The molecule has 0 bridgehead atoms. The Morgan fingerprint density at radius 2 is 1.53 bits per heavy atom. The van der Waals surface area contributed by atoms with Crippen LogP contribution in [0.4, 0.5) is 5.69 Å². The summed E-state index contributed by atoms with van der Waals surface area (Å²) in [6.45, 7) is 2.83. The largest absolute Gasteiger partial charge is 0.397 e. The molecule has 1 atom stereocenters. The summed E-state index contributed by atoms with van der Waals surface area (Å²) in [5.41, 5.74) is 11.5. The van der Waals surface area contributed by atoms with Gasteiger partial charge in [-0.2, -0.15) is 4.72 Å². The molecule has 1 unspecified atom stereocenters. The van der Waals surface area contributed by atoms with Crippen LogP contribution in [0.5, 0.6) is 0 Å². The third kappa shape index (κ3) is 7.71. The summed E-state index contributed by atoms with van der Waals surface area (Å²) in [7, 11) is -4.24. The molecule has 2 aromatic heterocycles. The van der Waals surface area contributed by atoms with Crippen molar-refractivity contribution in [2.75, 3.05) is 25.4 Å². The summed E-state index contributed by atoms with van der Waals surface area (Å²) < 4.78 is 33.1. The van der Waals surface area contributed by atoms with Gasteiger partial charge in [0.25, 0.3) is 0 Å². The summed E-state index contributed by atoms with van der Waals surface area (Å²) in [5, 5.41) is 4.69. The molecule has 0 spiro atoms. The number of amides is 2. The van der Waals surface area contributed by atoms with Gasteiger partial charge in [0.15, 0.2) is 0 Å². The Bertz CT molecular complexity index is 2250. The van der Waals surface area contributed by atoms with E-state index in [9.17, 15) is 18.0 Å². The van der Waals surface area contributed by atoms with Gasteiger partial charge in [-0.05, 0) is 60.4 Å². The van der Waals surface area contributed by atoms with Crippen LogP contribution < -0.4 is 15.8 Å². The molecule has 12 heteroatoms. The number of imidazole rings is 1. The highest BCUT2D eigenvalue weighted by molar-refractivity contribution is 7.89. The molecule has 3 heterocycles. The van der Waals surface area contributed by atoms with Crippen molar-refractivity contribution in [1.29, 1.82) is 0 Å². The topological polar surface area (TPSA) is 139 Å². The van der Waals surface area contributed by atoms with Gasteiger partial charge >= 0.3 is 0 Å². The number of nitrogens with one attached hydrogen (secondary N) is 2. The first-order valence-corrected chi connectivity index (χ1v) is 20.8. The average Bonchev–Trinajstić information content (AvgIpc) is 3.82. The lowest BCUT2D eigenvalue weighted by Gasteiger charge is -2.38. The van der Waals surface area contributed by atoms with Crippen molar-refractivity contribution in [1.82, 2.24) is 24.5 Å². The van der Waals surface area contributed by atoms with E-state index in [0.29, 0.717) is 24.9 Å². The number of hydrogen-bond donors (Lipinski definition) is 3. The maximum atomic E-state index is 14.1. The molecule has 0 aliphatic carbocycles. The third-order valence-corrected chi connectivity index (χ3v) is 12.7. The number of nitrogen functional groups attached to an aromatic ring is 1. The number of anilines is 1. The van der Waals surface area contributed by atoms with Gasteiger partial charge in [0, 0.05) is 42.2 Å². The van der Waals surface area contributed by atoms with Gasteiger partial charge in [0.1, 0.15) is 16.5 Å². The zero-order valence-corrected chi connectivity index (χ0v) is 32.2. The summed E-state index contributed by atoms with van der Waals surface area (Å²) in [6.07, 6.45) is 3.18. The normalized spacial score (nSPS) is 14.3. The van der Waals surface area contributed by atoms with Crippen molar-refractivity contribution in [3.63, 3.8) is 0 Å². The van der Waals surface area contributed by atoms with Gasteiger partial charge in [-0.3, -0.25) is 9.59 Å². The Labute approximate surface area is 326 Å². The Morgan fingerprint density at radius 1 is 0.891 bits per heavy atom. The van der Waals surface area contributed by atoms with Gasteiger partial charge in [-0.25, -0.2) is 13.4 Å². The Morgan fingerprint density at radius 3 is 2.13 bits per heavy atom. The predicted octanol–water partition coefficient (Wildman–Crippen LogP) is 6.36. The monoisotopic (exact) mass is 772 g/mol. The Balaban J connectivity index is 1.20. The summed E-state index contributed by atoms with van der Waals surface area (Å²) in [4.78, 5) is 33.5. The Hall–Kier alpha value is -5.56. The van der Waals surface area contributed by atoms with Crippen LogP contribution in [-0.4, -0.2) is 60.4 Å². The maximum Gasteiger partial charge on any atom is 0.243 e. The van der Waals surface area contributed by atoms with E-state index in [0.717, 1.165) is 33.0 Å². The molecule has 4 N–H and O–H groups in total. The van der Waals surface area contributed by atoms with E-state index >= 15 is 0 Å². The highest BCUT2D eigenvalue weighted by Gasteiger charge is 2.40. The SMILES string of the molecule is Cc1c(CCCC(NS(=O)(=O)c2cccc(-c3cccs3)c2N)C(=O)N2CCNC(=O)CC2)ncn1C(c1ccccc1)(c1ccccc1)c1ccccc1. The van der Waals surface area contributed by atoms with E-state index in [-0.39, 0.29) is 48.3 Å². The predicted molar refractivity (Wildman–Crippen MR) is 217 cm³/mol. The standard InChI is InChI=1S/C43H44N6O4S2/c1-31-36(46-30-49(31)43(32-14-5-2-6-15-32,33-16-7-3-8-17-33)34-18-9-4-10-19-34)21-12-22-37(42(51)48-27-25-40(50)45-26-28-48)47-55(52,53)39-24-11-20-35(41(39)44)38-23-13-29-54-38/h2-11,13-20,23-24,29-30,37,47H,12,21-22,25-28,44H2,1H3,(H,45,50). The highest BCUT2D eigenvalue weighted by atomic mass is 32.2. The molecule has 6 aromatic rings. The van der Waals surface area contributed by atoms with Crippen LogP contribution >= 0.6 is 11.3 Å². The van der Waals surface area contributed by atoms with Crippen LogP contribution in [0.15, 0.2) is 138 Å². The number of aryl methyl sites for hydroxylation is 1. The zero-order valence-electron chi connectivity index (χ0n) is 30.6. The molecule has 1 saturated heterocycles. The highest BCUT2D eigenvalue weighted by Crippen LogP contribution is 2.42. The first-order chi connectivity index (χ1) is 26.7. The van der Waals surface area contributed by atoms with Crippen molar-refractivity contribution in [3.8, 4) is 10.4 Å². The lowest BCUT2D eigenvalue weighted by atomic mass is 9.76. The molecule has 1 aliphatic heterocycles. The number of carbonyl (C=O) groups is 2. The van der Waals surface area contributed by atoms with E-state index in [1.54, 1.807) is 17.0 Å². The number of nitrogens with zero attached hydrogens (tertiary/aromatic N) is 3. The second kappa shape index (κ2) is 16.4. The number of thiophene rings is 1. The van der Waals surface area contributed by atoms with Crippen LogP contribution in [-0.2, 0) is 31.6 Å². The zero-order chi connectivity index (χ0) is 38.4. The fourth-order valence-corrected chi connectivity index (χ4v) is 9.72. The second-order valence-electron chi connectivity index (χ2n) is 13.6. The molecule has 0 saturated carbocycles. The molecule has 1 aliphatic rings. The fourth-order valence-electron chi connectivity index (χ4n) is 7.58. The van der Waals surface area contributed by atoms with Crippen molar-refractivity contribution < 1.29 is 18.0 Å². The molecule has 4 aromatic carbocycles. The molecule has 7 rings (SSSR count). The van der Waals surface area contributed by atoms with Crippen molar-refractivity contribution in [3.05, 3.63) is 161 Å². The quantitative estimate of drug-likeness (QED) is 0.0923. The van der Waals surface area contributed by atoms with E-state index in [1.165, 1.54) is 17.4 Å². The van der Waals surface area contributed by atoms with Crippen molar-refractivity contribution >= 4 is 38.9 Å². The van der Waals surface area contributed by atoms with Crippen molar-refractivity contribution in [2.45, 2.75) is 49.1 Å². The molecule has 0 radical (unpaired) electrons. The number of benzene rings is 4. The van der Waals surface area contributed by atoms with E-state index in [4.69, 9.17) is 10.7 Å². The molecule has 282 valence electrons. The molecule has 2 amide bonds. The maximum absolute atomic E-state index is 14.1. The first kappa shape index (κ1) is 37.7. The minimum absolute atomic E-state index is 0.0856. The molecule has 55 heavy (non-hydrogen) atoms. The van der Waals surface area contributed by atoms with Crippen LogP contribution in [0.1, 0.15) is 47.3 Å². The van der Waals surface area contributed by atoms with Crippen LogP contribution in [0.3, 0.4) is 0 Å². The molecule has 10 nitrogen and oxygen atoms in total. The number of rotatable bonds is 13. The van der Waals surface area contributed by atoms with Crippen LogP contribution in [0.2, 0.25) is 0 Å². The van der Waals surface area contributed by atoms with Gasteiger partial charge < -0.3 is 20.5 Å². The summed E-state index contributed by atoms with van der Waals surface area (Å²) >= 11 is 1.46.